The van der Waals surface area contributed by atoms with E-state index in [1.165, 1.54) is 17.7 Å². The molecule has 1 saturated heterocycles. The van der Waals surface area contributed by atoms with Gasteiger partial charge in [-0.3, -0.25) is 14.5 Å². The smallest absolute Gasteiger partial charge is 0.347 e. The molecule has 5 aromatic rings. The Balaban J connectivity index is 0.863. The highest BCUT2D eigenvalue weighted by Gasteiger charge is 2.45. The van der Waals surface area contributed by atoms with Crippen LogP contribution in [0.3, 0.4) is 0 Å². The first-order valence-corrected chi connectivity index (χ1v) is 20.1. The van der Waals surface area contributed by atoms with Gasteiger partial charge in [-0.15, -0.1) is 0 Å². The Hall–Kier alpha value is -6.05. The van der Waals surface area contributed by atoms with Crippen molar-refractivity contribution in [3.05, 3.63) is 171 Å². The van der Waals surface area contributed by atoms with Crippen molar-refractivity contribution in [3.63, 3.8) is 0 Å². The van der Waals surface area contributed by atoms with Crippen LogP contribution >= 0.6 is 0 Å². The van der Waals surface area contributed by atoms with E-state index in [0.29, 0.717) is 85.3 Å². The van der Waals surface area contributed by atoms with Crippen molar-refractivity contribution in [1.29, 1.82) is 0 Å². The molecule has 1 aliphatic carbocycles. The Kier molecular flexibility index (Phi) is 13.3. The Morgan fingerprint density at radius 1 is 0.932 bits per heavy atom. The number of allylic oxidation sites excluding steroid dienone is 2. The van der Waals surface area contributed by atoms with Crippen LogP contribution in [0.4, 0.5) is 0 Å². The fourth-order valence-electron chi connectivity index (χ4n) is 7.64. The van der Waals surface area contributed by atoms with Crippen molar-refractivity contribution in [1.82, 2.24) is 20.5 Å². The lowest BCUT2D eigenvalue weighted by molar-refractivity contribution is -0.168. The monoisotopic (exact) mass is 798 g/mol. The van der Waals surface area contributed by atoms with Gasteiger partial charge in [-0.2, -0.15) is 0 Å². The number of aliphatic hydroxyl groups excluding tert-OH is 1. The molecular weight excluding hydrogens is 749 g/mol. The van der Waals surface area contributed by atoms with Crippen LogP contribution in [0, 0.1) is 0 Å². The molecule has 7 rings (SSSR count). The molecule has 2 aliphatic rings. The number of aromatic nitrogens is 1. The summed E-state index contributed by atoms with van der Waals surface area (Å²) in [7, 11) is 0. The third-order valence-electron chi connectivity index (χ3n) is 10.8. The first kappa shape index (κ1) is 41.1. The van der Waals surface area contributed by atoms with Crippen LogP contribution < -0.4 is 16.2 Å². The van der Waals surface area contributed by atoms with Crippen molar-refractivity contribution in [2.24, 2.45) is 0 Å². The number of pyridine rings is 1. The van der Waals surface area contributed by atoms with Crippen molar-refractivity contribution in [2.45, 2.75) is 56.6 Å². The fourth-order valence-corrected chi connectivity index (χ4v) is 7.64. The highest BCUT2D eigenvalue weighted by molar-refractivity contribution is 5.94. The molecule has 0 bridgehead atoms. The Morgan fingerprint density at radius 2 is 1.69 bits per heavy atom. The first-order valence-electron chi connectivity index (χ1n) is 20.1. The summed E-state index contributed by atoms with van der Waals surface area (Å²) in [4.78, 5) is 43.4. The van der Waals surface area contributed by atoms with Gasteiger partial charge in [-0.25, -0.2) is 4.79 Å². The number of aromatic amines is 1. The van der Waals surface area contributed by atoms with Crippen LogP contribution in [0.1, 0.15) is 64.4 Å². The van der Waals surface area contributed by atoms with Crippen molar-refractivity contribution >= 4 is 22.8 Å². The number of hydrogen-bond acceptors (Lipinski definition) is 10. The Bertz CT molecular complexity index is 2350. The topological polar surface area (TPSA) is 173 Å². The van der Waals surface area contributed by atoms with E-state index in [2.05, 4.69) is 32.7 Å². The zero-order chi connectivity index (χ0) is 41.2. The number of ether oxygens (including phenoxy) is 2. The summed E-state index contributed by atoms with van der Waals surface area (Å²) < 4.78 is 12.1. The van der Waals surface area contributed by atoms with E-state index >= 15 is 0 Å². The number of carbonyl (C=O) groups is 2. The average molecular weight is 799 g/mol. The molecule has 4 aromatic carbocycles. The van der Waals surface area contributed by atoms with Gasteiger partial charge < -0.3 is 40.4 Å². The molecule has 6 N–H and O–H groups in total. The molecular formula is C47H50N4O8. The predicted molar refractivity (Wildman–Crippen MR) is 224 cm³/mol. The molecule has 0 spiro atoms. The molecule has 12 nitrogen and oxygen atoms in total. The normalized spacial score (nSPS) is 17.1. The van der Waals surface area contributed by atoms with E-state index in [-0.39, 0.29) is 35.4 Å². The second-order valence-electron chi connectivity index (χ2n) is 15.0. The number of fused-ring (bicyclic) bond motifs is 1. The summed E-state index contributed by atoms with van der Waals surface area (Å²) in [6.07, 6.45) is 4.74. The number of benzene rings is 4. The van der Waals surface area contributed by atoms with Crippen molar-refractivity contribution in [2.75, 3.05) is 32.8 Å². The van der Waals surface area contributed by atoms with E-state index in [1.54, 1.807) is 54.6 Å². The molecule has 1 amide bonds. The van der Waals surface area contributed by atoms with Gasteiger partial charge in [0.1, 0.15) is 17.6 Å². The molecule has 12 heteroatoms. The number of nitrogens with one attached hydrogen (secondary N) is 3. The summed E-state index contributed by atoms with van der Waals surface area (Å²) in [6.45, 7) is 3.55. The lowest BCUT2D eigenvalue weighted by Crippen LogP contribution is -2.42. The zero-order valence-corrected chi connectivity index (χ0v) is 32.8. The zero-order valence-electron chi connectivity index (χ0n) is 32.8. The fraction of sp³-hybridized carbons (Fsp3) is 0.298. The Morgan fingerprint density at radius 3 is 2.47 bits per heavy atom. The molecule has 306 valence electrons. The highest BCUT2D eigenvalue weighted by atomic mass is 16.6. The number of aliphatic hydroxyl groups is 2. The van der Waals surface area contributed by atoms with E-state index < -0.39 is 17.7 Å². The lowest BCUT2D eigenvalue weighted by atomic mass is 9.81. The van der Waals surface area contributed by atoms with Crippen LogP contribution in [0.5, 0.6) is 5.75 Å². The summed E-state index contributed by atoms with van der Waals surface area (Å²) in [6, 6.07) is 32.3. The number of phenols is 1. The van der Waals surface area contributed by atoms with Crippen LogP contribution in [0.15, 0.2) is 137 Å². The summed E-state index contributed by atoms with van der Waals surface area (Å²) in [5, 5.41) is 39.8. The molecule has 1 unspecified atom stereocenters. The van der Waals surface area contributed by atoms with Crippen LogP contribution in [-0.4, -0.2) is 76.0 Å². The molecule has 59 heavy (non-hydrogen) atoms. The number of H-pyrrole nitrogens is 1. The van der Waals surface area contributed by atoms with E-state index in [4.69, 9.17) is 9.47 Å². The van der Waals surface area contributed by atoms with Gasteiger partial charge in [0.15, 0.2) is 0 Å². The maximum atomic E-state index is 13.9. The third-order valence-corrected chi connectivity index (χ3v) is 10.8. The van der Waals surface area contributed by atoms with Gasteiger partial charge in [-0.1, -0.05) is 78.9 Å². The van der Waals surface area contributed by atoms with E-state index in [0.717, 1.165) is 18.7 Å². The third kappa shape index (κ3) is 10.2. The van der Waals surface area contributed by atoms with Crippen LogP contribution in [0.25, 0.3) is 10.9 Å². The molecule has 2 heterocycles. The highest BCUT2D eigenvalue weighted by Crippen LogP contribution is 2.38. The minimum atomic E-state index is -1.97. The number of aromatic hydroxyl groups is 1. The van der Waals surface area contributed by atoms with Crippen LogP contribution in [-0.2, 0) is 33.0 Å². The van der Waals surface area contributed by atoms with Gasteiger partial charge in [0.05, 0.1) is 18.2 Å². The maximum Gasteiger partial charge on any atom is 0.347 e. The quantitative estimate of drug-likeness (QED) is 0.0521. The maximum absolute atomic E-state index is 13.9. The van der Waals surface area contributed by atoms with E-state index in [9.17, 15) is 29.7 Å². The second kappa shape index (κ2) is 19.1. The van der Waals surface area contributed by atoms with Crippen molar-refractivity contribution in [3.8, 4) is 5.75 Å². The molecule has 1 fully saturated rings. The van der Waals surface area contributed by atoms with E-state index in [1.807, 2.05) is 42.5 Å². The number of phenolic OH excluding ortho intramolecular Hbond substituents is 1. The summed E-state index contributed by atoms with van der Waals surface area (Å²) >= 11 is 0. The Labute approximate surface area is 342 Å². The number of rotatable bonds is 17. The molecule has 1 aliphatic heterocycles. The largest absolute Gasteiger partial charge is 0.506 e. The first-order chi connectivity index (χ1) is 28.7. The molecule has 0 radical (unpaired) electrons. The van der Waals surface area contributed by atoms with Gasteiger partial charge >= 0.3 is 5.97 Å². The SMILES string of the molecule is O=C(NCCCOC1=CCCC(C(O)(C(=O)O[C@H]2CCN(Cc3ccccc3)C2)c2ccccc2)=C1)c1ccc(CNC[C@H](O)c2ccc(O)c3[nH]c(=O)ccc23)cc1. The summed E-state index contributed by atoms with van der Waals surface area (Å²) in [5.74, 6) is -0.412. The number of likely N-dealkylation sites (tertiary alicyclic amines) is 1. The summed E-state index contributed by atoms with van der Waals surface area (Å²) in [5.41, 5.74) is 2.14. The van der Waals surface area contributed by atoms with Crippen molar-refractivity contribution < 1.29 is 34.4 Å². The minimum absolute atomic E-state index is 0.0655. The molecule has 0 saturated carbocycles. The number of nitrogens with zero attached hydrogens (tertiary/aromatic N) is 1. The molecule has 1 aromatic heterocycles. The van der Waals surface area contributed by atoms with Gasteiger partial charge in [0, 0.05) is 56.3 Å². The number of hydrogen-bond donors (Lipinski definition) is 6. The number of amides is 1. The van der Waals surface area contributed by atoms with Gasteiger partial charge in [-0.05, 0) is 89.9 Å². The number of esters is 1. The second-order valence-corrected chi connectivity index (χ2v) is 15.0. The lowest BCUT2D eigenvalue weighted by Gasteiger charge is -2.32. The van der Waals surface area contributed by atoms with Crippen LogP contribution in [0.2, 0.25) is 0 Å². The standard InChI is InChI=1S/C47H50N4O8/c52-41-21-19-39(40-20-22-43(54)50-44(40)41)42(53)29-48-28-32-15-17-34(18-16-32)45(55)49-24-8-26-58-37-14-7-13-36(27-37)47(57,35-11-5-2-6-12-35)46(56)59-38-23-25-51(31-38)30-33-9-3-1-4-10-33/h1-6,9-12,14-22,27,38,42,48,52-53,57H,7-8,13,23-26,28-31H2,(H,49,55)(H,50,54)/t38-,42-,47?/m0/s1. The van der Waals surface area contributed by atoms with Gasteiger partial charge in [0.2, 0.25) is 11.2 Å². The molecule has 3 atom stereocenters. The number of carbonyl (C=O) groups excluding carboxylic acids is 2. The minimum Gasteiger partial charge on any atom is -0.506 e. The average Bonchev–Trinajstić information content (AvgIpc) is 3.70. The predicted octanol–water partition coefficient (Wildman–Crippen LogP) is 5.50. The van der Waals surface area contributed by atoms with Gasteiger partial charge in [0.25, 0.3) is 5.91 Å².